The molecule has 6 heteroatoms. The van der Waals surface area contributed by atoms with Gasteiger partial charge in [-0.2, -0.15) is 0 Å². The number of aliphatic hydroxyl groups is 1. The van der Waals surface area contributed by atoms with E-state index in [2.05, 4.69) is 46.3 Å². The summed E-state index contributed by atoms with van der Waals surface area (Å²) in [4.78, 5) is 11.8. The Morgan fingerprint density at radius 1 is 0.914 bits per heavy atom. The van der Waals surface area contributed by atoms with E-state index < -0.39 is 5.60 Å². The lowest BCUT2D eigenvalue weighted by Gasteiger charge is -2.37. The average Bonchev–Trinajstić information content (AvgIpc) is 3.31. The van der Waals surface area contributed by atoms with E-state index >= 15 is 0 Å². The third-order valence-electron chi connectivity index (χ3n) is 6.88. The van der Waals surface area contributed by atoms with Crippen LogP contribution in [0.25, 0.3) is 27.8 Å². The van der Waals surface area contributed by atoms with Crippen LogP contribution >= 0.6 is 0 Å². The molecule has 0 unspecified atom stereocenters. The number of pyridine rings is 1. The molecule has 0 radical (unpaired) electrons. The molecule has 0 bridgehead atoms. The van der Waals surface area contributed by atoms with Gasteiger partial charge in [0.05, 0.1) is 22.2 Å². The number of fused-ring (bicyclic) bond motifs is 2. The maximum absolute atomic E-state index is 10.2. The van der Waals surface area contributed by atoms with E-state index in [4.69, 9.17) is 9.72 Å². The van der Waals surface area contributed by atoms with Gasteiger partial charge in [-0.15, -0.1) is 0 Å². The van der Waals surface area contributed by atoms with Gasteiger partial charge in [0.1, 0.15) is 24.5 Å². The fraction of sp³-hybridized carbons (Fsp3) is 0.241. The highest BCUT2D eigenvalue weighted by atomic mass is 16.5. The van der Waals surface area contributed by atoms with Gasteiger partial charge in [-0.25, -0.2) is 9.97 Å². The molecule has 6 nitrogen and oxygen atoms in total. The van der Waals surface area contributed by atoms with Crippen LogP contribution in [0.2, 0.25) is 0 Å². The summed E-state index contributed by atoms with van der Waals surface area (Å²) in [6.07, 6.45) is 3.39. The van der Waals surface area contributed by atoms with Crippen molar-refractivity contribution in [2.24, 2.45) is 0 Å². The lowest BCUT2D eigenvalue weighted by molar-refractivity contribution is 0.0351. The summed E-state index contributed by atoms with van der Waals surface area (Å²) in [5, 5.41) is 11.3. The molecule has 0 aliphatic carbocycles. The molecule has 2 aromatic heterocycles. The number of hydrogen-bond donors (Lipinski definition) is 1. The lowest BCUT2D eigenvalue weighted by atomic mass is 9.93. The number of benzene rings is 3. The molecular weight excluding hydrogens is 436 g/mol. The highest BCUT2D eigenvalue weighted by Gasteiger charge is 2.27. The number of piperidine rings is 1. The maximum atomic E-state index is 10.2. The van der Waals surface area contributed by atoms with Crippen molar-refractivity contribution in [3.05, 3.63) is 90.8 Å². The zero-order valence-corrected chi connectivity index (χ0v) is 19.8. The van der Waals surface area contributed by atoms with Gasteiger partial charge in [-0.05, 0) is 67.8 Å². The molecule has 1 saturated heterocycles. The molecule has 1 N–H and O–H groups in total. The van der Waals surface area contributed by atoms with Crippen LogP contribution in [0.5, 0.6) is 5.75 Å². The predicted octanol–water partition coefficient (Wildman–Crippen LogP) is 5.50. The molecule has 0 saturated carbocycles. The Kier molecular flexibility index (Phi) is 5.38. The Morgan fingerprint density at radius 2 is 1.74 bits per heavy atom. The Morgan fingerprint density at radius 3 is 2.57 bits per heavy atom. The minimum Gasteiger partial charge on any atom is -0.489 e. The molecule has 35 heavy (non-hydrogen) atoms. The summed E-state index contributed by atoms with van der Waals surface area (Å²) in [6, 6.07) is 26.7. The van der Waals surface area contributed by atoms with Crippen molar-refractivity contribution in [2.75, 3.05) is 18.0 Å². The molecule has 0 spiro atoms. The Labute approximate surface area is 204 Å². The fourth-order valence-corrected chi connectivity index (χ4v) is 4.69. The second-order valence-corrected chi connectivity index (χ2v) is 9.57. The molecule has 5 aromatic rings. The average molecular weight is 465 g/mol. The number of imidazole rings is 1. The van der Waals surface area contributed by atoms with E-state index in [1.54, 1.807) is 0 Å². The van der Waals surface area contributed by atoms with Gasteiger partial charge in [0.25, 0.3) is 0 Å². The van der Waals surface area contributed by atoms with Crippen molar-refractivity contribution in [1.82, 2.24) is 14.5 Å². The van der Waals surface area contributed by atoms with Crippen molar-refractivity contribution >= 4 is 27.6 Å². The molecule has 0 amide bonds. The van der Waals surface area contributed by atoms with E-state index in [1.807, 2.05) is 60.3 Å². The predicted molar refractivity (Wildman–Crippen MR) is 139 cm³/mol. The van der Waals surface area contributed by atoms with Crippen molar-refractivity contribution in [2.45, 2.75) is 32.0 Å². The number of anilines is 1. The van der Waals surface area contributed by atoms with Gasteiger partial charge < -0.3 is 14.7 Å². The first-order valence-corrected chi connectivity index (χ1v) is 12.1. The van der Waals surface area contributed by atoms with E-state index in [0.717, 1.165) is 65.0 Å². The van der Waals surface area contributed by atoms with Crippen molar-refractivity contribution < 1.29 is 9.84 Å². The van der Waals surface area contributed by atoms with Gasteiger partial charge in [0.15, 0.2) is 0 Å². The standard InChI is InChI=1S/C29H28N4O2/c1-29(34)13-15-32(16-14-29)23-8-10-25-22(17-23)7-12-28(31-25)33-20-30-26-18-24(9-11-27(26)33)35-19-21-5-3-2-4-6-21/h2-12,17-18,20,34H,13-16,19H2,1H3. The van der Waals surface area contributed by atoms with Crippen LogP contribution in [0.1, 0.15) is 25.3 Å². The quantitative estimate of drug-likeness (QED) is 0.372. The summed E-state index contributed by atoms with van der Waals surface area (Å²) in [7, 11) is 0. The van der Waals surface area contributed by atoms with Crippen LogP contribution < -0.4 is 9.64 Å². The maximum Gasteiger partial charge on any atom is 0.139 e. The van der Waals surface area contributed by atoms with E-state index in [9.17, 15) is 5.11 Å². The summed E-state index contributed by atoms with van der Waals surface area (Å²) in [5.41, 5.74) is 4.56. The van der Waals surface area contributed by atoms with Gasteiger partial charge >= 0.3 is 0 Å². The second kappa shape index (κ2) is 8.71. The molecular formula is C29H28N4O2. The van der Waals surface area contributed by atoms with Crippen LogP contribution in [-0.2, 0) is 6.61 Å². The highest BCUT2D eigenvalue weighted by Crippen LogP contribution is 2.29. The van der Waals surface area contributed by atoms with Crippen LogP contribution in [0, 0.1) is 0 Å². The van der Waals surface area contributed by atoms with Crippen LogP contribution in [0.4, 0.5) is 5.69 Å². The first-order valence-electron chi connectivity index (χ1n) is 12.1. The van der Waals surface area contributed by atoms with Gasteiger partial charge in [-0.1, -0.05) is 30.3 Å². The number of hydrogen-bond acceptors (Lipinski definition) is 5. The number of ether oxygens (including phenoxy) is 1. The second-order valence-electron chi connectivity index (χ2n) is 9.57. The van der Waals surface area contributed by atoms with E-state index in [0.29, 0.717) is 6.61 Å². The van der Waals surface area contributed by atoms with Gasteiger partial charge in [0, 0.05) is 30.2 Å². The Bertz CT molecular complexity index is 1480. The topological polar surface area (TPSA) is 63.4 Å². The van der Waals surface area contributed by atoms with Crippen molar-refractivity contribution in [3.8, 4) is 11.6 Å². The van der Waals surface area contributed by atoms with Crippen LogP contribution in [0.15, 0.2) is 85.2 Å². The van der Waals surface area contributed by atoms with Crippen molar-refractivity contribution in [3.63, 3.8) is 0 Å². The number of aromatic nitrogens is 3. The Hall–Kier alpha value is -3.90. The normalized spacial score (nSPS) is 15.5. The lowest BCUT2D eigenvalue weighted by Crippen LogP contribution is -2.42. The van der Waals surface area contributed by atoms with Crippen LogP contribution in [0.3, 0.4) is 0 Å². The molecule has 1 aliphatic rings. The Balaban J connectivity index is 1.23. The summed E-state index contributed by atoms with van der Waals surface area (Å²) < 4.78 is 7.97. The third-order valence-corrected chi connectivity index (χ3v) is 6.88. The SMILES string of the molecule is CC1(O)CCN(c2ccc3nc(-n4cnc5cc(OCc6ccccc6)ccc54)ccc3c2)CC1. The molecule has 6 rings (SSSR count). The molecule has 176 valence electrons. The minimum absolute atomic E-state index is 0.526. The minimum atomic E-state index is -0.549. The molecule has 0 atom stereocenters. The first kappa shape index (κ1) is 21.6. The summed E-state index contributed by atoms with van der Waals surface area (Å²) in [5.74, 6) is 1.63. The molecule has 3 heterocycles. The number of nitrogens with zero attached hydrogens (tertiary/aromatic N) is 4. The van der Waals surface area contributed by atoms with Crippen LogP contribution in [-0.4, -0.2) is 38.3 Å². The third kappa shape index (κ3) is 4.45. The smallest absolute Gasteiger partial charge is 0.139 e. The molecule has 1 fully saturated rings. The zero-order valence-electron chi connectivity index (χ0n) is 19.8. The van der Waals surface area contributed by atoms with E-state index in [-0.39, 0.29) is 0 Å². The molecule has 3 aromatic carbocycles. The zero-order chi connectivity index (χ0) is 23.8. The van der Waals surface area contributed by atoms with Gasteiger partial charge in [0.2, 0.25) is 0 Å². The van der Waals surface area contributed by atoms with E-state index in [1.165, 1.54) is 5.69 Å². The molecule has 1 aliphatic heterocycles. The fourth-order valence-electron chi connectivity index (χ4n) is 4.69. The summed E-state index contributed by atoms with van der Waals surface area (Å²) in [6.45, 7) is 4.18. The van der Waals surface area contributed by atoms with Gasteiger partial charge in [-0.3, -0.25) is 4.57 Å². The largest absolute Gasteiger partial charge is 0.489 e. The number of rotatable bonds is 5. The summed E-state index contributed by atoms with van der Waals surface area (Å²) >= 11 is 0. The van der Waals surface area contributed by atoms with Crippen molar-refractivity contribution in [1.29, 1.82) is 0 Å². The monoisotopic (exact) mass is 464 g/mol. The first-order chi connectivity index (χ1) is 17.0. The highest BCUT2D eigenvalue weighted by molar-refractivity contribution is 5.84.